The molecule has 0 heterocycles. The average Bonchev–Trinajstić information content (AvgIpc) is 1.50. The maximum atomic E-state index is 8.66. The number of rotatable bonds is 0. The summed E-state index contributed by atoms with van der Waals surface area (Å²) >= 11 is 0. The van der Waals surface area contributed by atoms with Crippen molar-refractivity contribution in [2.75, 3.05) is 0 Å². The molecule has 0 aliphatic heterocycles. The first-order valence-corrected chi connectivity index (χ1v) is 3.49. The van der Waals surface area contributed by atoms with E-state index in [9.17, 15) is 0 Å². The fraction of sp³-hybridized carbons (Fsp3) is 0. The van der Waals surface area contributed by atoms with Gasteiger partial charge in [0, 0.05) is 0 Å². The standard InChI is InChI=1S/2CH2O3.Ca.K.Mg.H3N.H3O4P/c2*2-1(3)4;;;;;1-5(2,3)4/h2*(H2,2,3,4);;;;1H3;(H3,1,2,3,4)/q;;+2;+1;+2;;/p-5. The van der Waals surface area contributed by atoms with Crippen LogP contribution in [0.2, 0.25) is 0 Å². The Balaban J connectivity index is -0.0000000159. The molecule has 17 heavy (non-hydrogen) atoms. The molecule has 0 aliphatic carbocycles. The van der Waals surface area contributed by atoms with Crippen LogP contribution in [0, 0.1) is 0 Å². The van der Waals surface area contributed by atoms with Crippen LogP contribution in [0.4, 0.5) is 9.59 Å². The second kappa shape index (κ2) is 26.8. The molecule has 0 aliphatic rings. The first-order chi connectivity index (χ1) is 5.46. The fourth-order valence-corrected chi connectivity index (χ4v) is 0. The van der Waals surface area contributed by atoms with Gasteiger partial charge in [-0.15, -0.1) is 0 Å². The van der Waals surface area contributed by atoms with Crippen molar-refractivity contribution in [3.05, 3.63) is 0 Å². The molecule has 15 heteroatoms. The summed E-state index contributed by atoms with van der Waals surface area (Å²) in [6.45, 7) is 0. The zero-order valence-corrected chi connectivity index (χ0v) is 16.4. The Kier molecular flexibility index (Phi) is 67.3. The smallest absolute Gasteiger partial charge is 0.790 e. The van der Waals surface area contributed by atoms with E-state index >= 15 is 0 Å². The second-order valence-electron chi connectivity index (χ2n) is 0.984. The Morgan fingerprint density at radius 2 is 1.06 bits per heavy atom. The van der Waals surface area contributed by atoms with Crippen molar-refractivity contribution in [1.29, 1.82) is 0 Å². The molecule has 0 bridgehead atoms. The SMILES string of the molecule is N.O=C([O-])O.O=C([O-])[O-].O=P([O-])([O-])O.[Ca+2].[K+].[Mg+2]. The number of carbonyl (C=O) groups excluding carboxylic acids is 1. The third-order valence-corrected chi connectivity index (χ3v) is 0. The summed E-state index contributed by atoms with van der Waals surface area (Å²) in [5.74, 6) is 0. The summed E-state index contributed by atoms with van der Waals surface area (Å²) < 4.78 is 8.66. The largest absolute Gasteiger partial charge is 2.00 e. The van der Waals surface area contributed by atoms with Gasteiger partial charge in [-0.05, 0) is 6.16 Å². The Bertz CT molecular complexity index is 182. The van der Waals surface area contributed by atoms with E-state index in [1.54, 1.807) is 0 Å². The van der Waals surface area contributed by atoms with Crippen LogP contribution in [0.5, 0.6) is 0 Å². The van der Waals surface area contributed by atoms with Crippen molar-refractivity contribution in [2.24, 2.45) is 0 Å². The molecular formula is C2H5CaKMgNO10P. The molecule has 0 spiro atoms. The van der Waals surface area contributed by atoms with E-state index in [4.69, 9.17) is 49.3 Å². The van der Waals surface area contributed by atoms with Crippen LogP contribution in [-0.4, -0.2) is 83.1 Å². The molecule has 0 rings (SSSR count). The summed E-state index contributed by atoms with van der Waals surface area (Å²) in [5.41, 5.74) is 0. The second-order valence-corrected chi connectivity index (χ2v) is 1.92. The van der Waals surface area contributed by atoms with E-state index in [0.29, 0.717) is 0 Å². The molecule has 11 nitrogen and oxygen atoms in total. The van der Waals surface area contributed by atoms with E-state index in [2.05, 4.69) is 0 Å². The monoisotopic (exact) mass is 337 g/mol. The zero-order valence-electron chi connectivity index (χ0n) is 8.73. The van der Waals surface area contributed by atoms with Crippen LogP contribution >= 0.6 is 7.82 Å². The van der Waals surface area contributed by atoms with Gasteiger partial charge in [-0.3, -0.25) is 0 Å². The van der Waals surface area contributed by atoms with E-state index < -0.39 is 20.1 Å². The quantitative estimate of drug-likeness (QED) is 0.276. The van der Waals surface area contributed by atoms with Gasteiger partial charge in [0.2, 0.25) is 6.16 Å². The molecule has 0 saturated heterocycles. The van der Waals surface area contributed by atoms with Gasteiger partial charge >= 0.3 is 112 Å². The molecular weight excluding hydrogens is 332 g/mol. The molecule has 0 radical (unpaired) electrons. The van der Waals surface area contributed by atoms with Crippen molar-refractivity contribution in [1.82, 2.24) is 6.15 Å². The van der Waals surface area contributed by atoms with Gasteiger partial charge in [0.1, 0.15) is 0 Å². The van der Waals surface area contributed by atoms with Crippen LogP contribution < -0.4 is 82.6 Å². The molecule has 0 atom stereocenters. The topological polar surface area (TPSA) is 242 Å². The Morgan fingerprint density at radius 1 is 1.06 bits per heavy atom. The van der Waals surface area contributed by atoms with Crippen LogP contribution in [0.15, 0.2) is 0 Å². The molecule has 0 unspecified atom stereocenters. The average molecular weight is 338 g/mol. The molecule has 0 aromatic carbocycles. The van der Waals surface area contributed by atoms with Gasteiger partial charge in [0.05, 0.1) is 7.82 Å². The molecule has 88 valence electrons. The van der Waals surface area contributed by atoms with Crippen LogP contribution in [0.3, 0.4) is 0 Å². The molecule has 0 fully saturated rings. The first-order valence-electron chi connectivity index (χ1n) is 1.99. The molecule has 0 amide bonds. The summed E-state index contributed by atoms with van der Waals surface area (Å²) in [4.78, 5) is 41.1. The number of hydrogen-bond acceptors (Lipinski definition) is 9. The van der Waals surface area contributed by atoms with E-state index in [0.717, 1.165) is 0 Å². The molecule has 5 N–H and O–H groups in total. The minimum absolute atomic E-state index is 0. The van der Waals surface area contributed by atoms with Gasteiger partial charge < -0.3 is 55.4 Å². The summed E-state index contributed by atoms with van der Waals surface area (Å²) in [7, 11) is -5.14. The summed E-state index contributed by atoms with van der Waals surface area (Å²) in [6.07, 6.45) is -4.42. The van der Waals surface area contributed by atoms with Crippen LogP contribution in [0.25, 0.3) is 0 Å². The fourth-order valence-electron chi connectivity index (χ4n) is 0. The van der Waals surface area contributed by atoms with Crippen molar-refractivity contribution in [3.8, 4) is 0 Å². The van der Waals surface area contributed by atoms with Crippen molar-refractivity contribution in [2.45, 2.75) is 0 Å². The number of carboxylic acid groups (broad SMARTS) is 4. The summed E-state index contributed by atoms with van der Waals surface area (Å²) in [5, 5.41) is 32.0. The van der Waals surface area contributed by atoms with Gasteiger partial charge in [-0.1, -0.05) is 0 Å². The third kappa shape index (κ3) is 937. The normalized spacial score (nSPS) is 6.29. The molecule has 0 aromatic heterocycles. The van der Waals surface area contributed by atoms with Crippen molar-refractivity contribution >= 4 is 80.9 Å². The number of carbonyl (C=O) groups is 2. The Labute approximate surface area is 184 Å². The Morgan fingerprint density at radius 3 is 1.06 bits per heavy atom. The van der Waals surface area contributed by atoms with Gasteiger partial charge in [0.15, 0.2) is 0 Å². The maximum Gasteiger partial charge on any atom is 2.00 e. The van der Waals surface area contributed by atoms with Crippen LogP contribution in [0.1, 0.15) is 0 Å². The zero-order chi connectivity index (χ0) is 11.7. The minimum Gasteiger partial charge on any atom is -0.790 e. The minimum atomic E-state index is -5.14. The van der Waals surface area contributed by atoms with Gasteiger partial charge in [-0.2, -0.15) is 0 Å². The molecule has 0 aromatic rings. The Hall–Kier alpha value is 2.27. The third-order valence-electron chi connectivity index (χ3n) is 0. The van der Waals surface area contributed by atoms with E-state index in [1.165, 1.54) is 0 Å². The predicted molar refractivity (Wildman–Crippen MR) is 39.8 cm³/mol. The number of phosphoric acid groups is 1. The maximum absolute atomic E-state index is 8.66. The molecule has 0 saturated carbocycles. The van der Waals surface area contributed by atoms with Gasteiger partial charge in [0.25, 0.3) is 0 Å². The first kappa shape index (κ1) is 42.7. The van der Waals surface area contributed by atoms with E-state index in [1.807, 2.05) is 0 Å². The van der Waals surface area contributed by atoms with Crippen molar-refractivity contribution < 1.29 is 101 Å². The van der Waals surface area contributed by atoms with Crippen molar-refractivity contribution in [3.63, 3.8) is 0 Å². The summed E-state index contributed by atoms with van der Waals surface area (Å²) in [6, 6.07) is 0. The van der Waals surface area contributed by atoms with Crippen LogP contribution in [-0.2, 0) is 4.57 Å². The van der Waals surface area contributed by atoms with Gasteiger partial charge in [-0.25, -0.2) is 0 Å². The number of hydrogen-bond donors (Lipinski definition) is 3. The predicted octanol–water partition coefficient (Wildman–Crippen LogP) is -9.35. The van der Waals surface area contributed by atoms with E-state index in [-0.39, 0.29) is 118 Å².